The number of aromatic nitrogens is 1. The highest BCUT2D eigenvalue weighted by molar-refractivity contribution is 6.36. The monoisotopic (exact) mass is 254 g/mol. The molecule has 0 unspecified atom stereocenters. The van der Waals surface area contributed by atoms with Gasteiger partial charge in [-0.3, -0.25) is 0 Å². The van der Waals surface area contributed by atoms with Gasteiger partial charge in [-0.2, -0.15) is 0 Å². The van der Waals surface area contributed by atoms with Crippen LogP contribution in [0.4, 0.5) is 5.88 Å². The molecular weight excluding hydrogens is 247 g/mol. The van der Waals surface area contributed by atoms with Gasteiger partial charge in [0.15, 0.2) is 0 Å². The van der Waals surface area contributed by atoms with Gasteiger partial charge in [-0.1, -0.05) is 28.4 Å². The number of rotatable bonds is 1. The molecule has 0 saturated carbocycles. The third-order valence-corrected chi connectivity index (χ3v) is 3.18. The summed E-state index contributed by atoms with van der Waals surface area (Å²) in [7, 11) is 0. The number of fused-ring (bicyclic) bond motifs is 1. The van der Waals surface area contributed by atoms with Gasteiger partial charge in [0.2, 0.25) is 5.88 Å². The van der Waals surface area contributed by atoms with Crippen molar-refractivity contribution >= 4 is 29.1 Å². The molecule has 16 heavy (non-hydrogen) atoms. The van der Waals surface area contributed by atoms with E-state index in [1.807, 2.05) is 6.07 Å². The fourth-order valence-corrected chi connectivity index (χ4v) is 2.37. The van der Waals surface area contributed by atoms with E-state index in [-0.39, 0.29) is 0 Å². The Morgan fingerprint density at radius 3 is 3.00 bits per heavy atom. The molecule has 5 heteroatoms. The lowest BCUT2D eigenvalue weighted by molar-refractivity contribution is 0.436. The average Bonchev–Trinajstić information content (AvgIpc) is 2.80. The standard InChI is InChI=1S/C11H8Cl2N2O/c12-6-1-2-7(9(13)5-6)10-8-3-4-14-11(8)16-15-10/h1-2,5,14H,3-4H2. The molecule has 0 radical (unpaired) electrons. The van der Waals surface area contributed by atoms with E-state index in [0.717, 1.165) is 35.7 Å². The number of hydrogen-bond acceptors (Lipinski definition) is 3. The van der Waals surface area contributed by atoms with Crippen LogP contribution in [0.5, 0.6) is 0 Å². The molecule has 0 aliphatic carbocycles. The topological polar surface area (TPSA) is 38.1 Å². The van der Waals surface area contributed by atoms with Crippen molar-refractivity contribution < 1.29 is 4.52 Å². The third kappa shape index (κ3) is 1.47. The summed E-state index contributed by atoms with van der Waals surface area (Å²) in [6.07, 6.45) is 0.910. The summed E-state index contributed by atoms with van der Waals surface area (Å²) in [6, 6.07) is 5.37. The Morgan fingerprint density at radius 1 is 1.31 bits per heavy atom. The quantitative estimate of drug-likeness (QED) is 0.845. The molecule has 1 aliphatic rings. The largest absolute Gasteiger partial charge is 0.353 e. The van der Waals surface area contributed by atoms with Gasteiger partial charge in [0.05, 0.1) is 5.02 Å². The molecule has 3 rings (SSSR count). The summed E-state index contributed by atoms with van der Waals surface area (Å²) in [5.41, 5.74) is 2.76. The lowest BCUT2D eigenvalue weighted by atomic mass is 10.1. The van der Waals surface area contributed by atoms with Gasteiger partial charge >= 0.3 is 0 Å². The van der Waals surface area contributed by atoms with Crippen LogP contribution in [0.3, 0.4) is 0 Å². The second-order valence-corrected chi connectivity index (χ2v) is 4.48. The minimum Gasteiger partial charge on any atom is -0.353 e. The molecule has 0 saturated heterocycles. The van der Waals surface area contributed by atoms with Crippen molar-refractivity contribution in [2.24, 2.45) is 0 Å². The van der Waals surface area contributed by atoms with Crippen LogP contribution in [0, 0.1) is 0 Å². The predicted molar refractivity (Wildman–Crippen MR) is 64.2 cm³/mol. The van der Waals surface area contributed by atoms with E-state index >= 15 is 0 Å². The highest BCUT2D eigenvalue weighted by Crippen LogP contribution is 2.36. The summed E-state index contributed by atoms with van der Waals surface area (Å²) in [4.78, 5) is 0. The molecule has 2 aromatic rings. The first-order valence-corrected chi connectivity index (χ1v) is 5.69. The van der Waals surface area contributed by atoms with E-state index in [4.69, 9.17) is 27.7 Å². The molecular formula is C11H8Cl2N2O. The number of nitrogens with zero attached hydrogens (tertiary/aromatic N) is 1. The Kier molecular flexibility index (Phi) is 2.30. The van der Waals surface area contributed by atoms with Crippen molar-refractivity contribution in [2.75, 3.05) is 11.9 Å². The second kappa shape index (κ2) is 3.68. The first kappa shape index (κ1) is 10.00. The van der Waals surface area contributed by atoms with Crippen molar-refractivity contribution in [3.8, 4) is 11.3 Å². The van der Waals surface area contributed by atoms with Crippen LogP contribution in [0.1, 0.15) is 5.56 Å². The van der Waals surface area contributed by atoms with E-state index in [1.54, 1.807) is 12.1 Å². The Morgan fingerprint density at radius 2 is 2.19 bits per heavy atom. The highest BCUT2D eigenvalue weighted by Gasteiger charge is 2.22. The molecule has 2 heterocycles. The SMILES string of the molecule is Clc1ccc(-c2noc3c2CCN3)c(Cl)c1. The normalized spacial score (nSPS) is 13.6. The second-order valence-electron chi connectivity index (χ2n) is 3.64. The smallest absolute Gasteiger partial charge is 0.228 e. The summed E-state index contributed by atoms with van der Waals surface area (Å²) < 4.78 is 5.19. The van der Waals surface area contributed by atoms with Crippen molar-refractivity contribution in [3.63, 3.8) is 0 Å². The molecule has 0 amide bonds. The van der Waals surface area contributed by atoms with Crippen molar-refractivity contribution in [2.45, 2.75) is 6.42 Å². The third-order valence-electron chi connectivity index (χ3n) is 2.63. The molecule has 3 nitrogen and oxygen atoms in total. The maximum Gasteiger partial charge on any atom is 0.228 e. The fourth-order valence-electron chi connectivity index (χ4n) is 1.87. The van der Waals surface area contributed by atoms with Crippen molar-refractivity contribution in [3.05, 3.63) is 33.8 Å². The van der Waals surface area contributed by atoms with Crippen molar-refractivity contribution in [1.29, 1.82) is 0 Å². The van der Waals surface area contributed by atoms with Crippen LogP contribution < -0.4 is 5.32 Å². The maximum absolute atomic E-state index is 6.14. The molecule has 0 bridgehead atoms. The van der Waals surface area contributed by atoms with Crippen LogP contribution in [-0.4, -0.2) is 11.7 Å². The lowest BCUT2D eigenvalue weighted by Crippen LogP contribution is -1.92. The van der Waals surface area contributed by atoms with Gasteiger partial charge in [0.25, 0.3) is 0 Å². The number of anilines is 1. The van der Waals surface area contributed by atoms with E-state index in [9.17, 15) is 0 Å². The molecule has 1 aromatic heterocycles. The zero-order chi connectivity index (χ0) is 11.1. The number of nitrogens with one attached hydrogen (secondary N) is 1. The molecule has 0 spiro atoms. The zero-order valence-electron chi connectivity index (χ0n) is 8.26. The molecule has 0 atom stereocenters. The van der Waals surface area contributed by atoms with E-state index in [2.05, 4.69) is 10.5 Å². The number of halogens is 2. The Balaban J connectivity index is 2.15. The summed E-state index contributed by atoms with van der Waals surface area (Å²) >= 11 is 12.0. The first-order valence-electron chi connectivity index (χ1n) is 4.93. The van der Waals surface area contributed by atoms with Crippen LogP contribution >= 0.6 is 23.2 Å². The van der Waals surface area contributed by atoms with E-state index in [0.29, 0.717) is 10.0 Å². The predicted octanol–water partition coefficient (Wildman–Crippen LogP) is 3.62. The van der Waals surface area contributed by atoms with Crippen LogP contribution in [0.2, 0.25) is 10.0 Å². The summed E-state index contributed by atoms with van der Waals surface area (Å²) in [5, 5.41) is 8.37. The van der Waals surface area contributed by atoms with Crippen LogP contribution in [0.25, 0.3) is 11.3 Å². The van der Waals surface area contributed by atoms with E-state index < -0.39 is 0 Å². The van der Waals surface area contributed by atoms with Gasteiger partial charge in [-0.15, -0.1) is 0 Å². The number of hydrogen-bond donors (Lipinski definition) is 1. The summed E-state index contributed by atoms with van der Waals surface area (Å²) in [5.74, 6) is 0.751. The lowest BCUT2D eigenvalue weighted by Gasteiger charge is -2.01. The minimum absolute atomic E-state index is 0.593. The maximum atomic E-state index is 6.14. The first-order chi connectivity index (χ1) is 7.75. The van der Waals surface area contributed by atoms with E-state index in [1.165, 1.54) is 0 Å². The molecule has 0 fully saturated rings. The van der Waals surface area contributed by atoms with Gasteiger partial charge in [0.1, 0.15) is 5.69 Å². The highest BCUT2D eigenvalue weighted by atomic mass is 35.5. The van der Waals surface area contributed by atoms with Gasteiger partial charge < -0.3 is 9.84 Å². The Labute approximate surface area is 102 Å². The van der Waals surface area contributed by atoms with Crippen molar-refractivity contribution in [1.82, 2.24) is 5.16 Å². The zero-order valence-corrected chi connectivity index (χ0v) is 9.77. The van der Waals surface area contributed by atoms with Crippen LogP contribution in [0.15, 0.2) is 22.7 Å². The summed E-state index contributed by atoms with van der Waals surface area (Å²) in [6.45, 7) is 0.884. The van der Waals surface area contributed by atoms with Gasteiger partial charge in [-0.25, -0.2) is 0 Å². The molecule has 82 valence electrons. The molecule has 1 aromatic carbocycles. The fraction of sp³-hybridized carbons (Fsp3) is 0.182. The Hall–Kier alpha value is -1.19. The minimum atomic E-state index is 0.593. The average molecular weight is 255 g/mol. The van der Waals surface area contributed by atoms with Gasteiger partial charge in [-0.05, 0) is 24.6 Å². The van der Waals surface area contributed by atoms with Gasteiger partial charge in [0, 0.05) is 22.7 Å². The number of benzene rings is 1. The molecule has 1 N–H and O–H groups in total. The molecule has 1 aliphatic heterocycles. The Bertz CT molecular complexity index is 551. The van der Waals surface area contributed by atoms with Crippen LogP contribution in [-0.2, 0) is 6.42 Å².